The number of nitrogens with one attached hydrogen (secondary N) is 1. The second kappa shape index (κ2) is 7.53. The van der Waals surface area contributed by atoms with Gasteiger partial charge in [-0.25, -0.2) is 9.97 Å². The fourth-order valence-corrected chi connectivity index (χ4v) is 4.24. The zero-order valence-corrected chi connectivity index (χ0v) is 15.4. The van der Waals surface area contributed by atoms with Crippen molar-refractivity contribution < 1.29 is 9.18 Å². The summed E-state index contributed by atoms with van der Waals surface area (Å²) >= 11 is 1.20. The molecule has 1 N–H and O–H groups in total. The lowest BCUT2D eigenvalue weighted by atomic mass is 10.00. The first-order chi connectivity index (χ1) is 11.9. The third-order valence-electron chi connectivity index (χ3n) is 4.43. The first-order valence-corrected chi connectivity index (χ1v) is 9.16. The van der Waals surface area contributed by atoms with Crippen LogP contribution in [0.1, 0.15) is 36.5 Å². The Morgan fingerprint density at radius 3 is 3.00 bits per heavy atom. The van der Waals surface area contributed by atoms with E-state index in [0.29, 0.717) is 28.5 Å². The fraction of sp³-hybridized carbons (Fsp3) is 0.529. The number of carbonyl (C=O) groups excluding carboxylic acids is 1. The Balaban J connectivity index is 1.62. The van der Waals surface area contributed by atoms with Gasteiger partial charge in [0.1, 0.15) is 6.33 Å². The third kappa shape index (κ3) is 4.58. The number of hydrogen-bond acceptors (Lipinski definition) is 6. The van der Waals surface area contributed by atoms with E-state index in [9.17, 15) is 9.18 Å². The van der Waals surface area contributed by atoms with E-state index in [2.05, 4.69) is 32.1 Å². The number of rotatable bonds is 5. The standard InChI is InChI=1S/C17H22FN5OS/c1-10-4-14(20-9-19-10)6-13-5-11(2)23(7-13)8-15-16(18)22-17(25-15)21-12(3)24/h4,9,11,13H,5-8H2,1-3H3,(H,21,22,24)/t11-,13+/m1/s1. The van der Waals surface area contributed by atoms with Crippen LogP contribution < -0.4 is 5.32 Å². The molecule has 0 aliphatic carbocycles. The van der Waals surface area contributed by atoms with Crippen molar-refractivity contribution in [1.82, 2.24) is 19.9 Å². The van der Waals surface area contributed by atoms with Crippen molar-refractivity contribution in [3.05, 3.63) is 34.6 Å². The molecule has 0 radical (unpaired) electrons. The highest BCUT2D eigenvalue weighted by Gasteiger charge is 2.30. The van der Waals surface area contributed by atoms with E-state index in [4.69, 9.17) is 0 Å². The van der Waals surface area contributed by atoms with Crippen LogP contribution in [0.4, 0.5) is 9.52 Å². The van der Waals surface area contributed by atoms with Crippen LogP contribution in [0.5, 0.6) is 0 Å². The van der Waals surface area contributed by atoms with Gasteiger partial charge in [0.2, 0.25) is 11.9 Å². The maximum atomic E-state index is 14.0. The van der Waals surface area contributed by atoms with E-state index >= 15 is 0 Å². The molecule has 6 nitrogen and oxygen atoms in total. The lowest BCUT2D eigenvalue weighted by Crippen LogP contribution is -2.26. The molecule has 1 aliphatic rings. The smallest absolute Gasteiger partial charge is 0.230 e. The fourth-order valence-electron chi connectivity index (χ4n) is 3.32. The molecule has 25 heavy (non-hydrogen) atoms. The number of likely N-dealkylation sites (tertiary alicyclic amines) is 1. The van der Waals surface area contributed by atoms with E-state index in [1.165, 1.54) is 18.3 Å². The molecule has 2 atom stereocenters. The van der Waals surface area contributed by atoms with E-state index in [0.717, 1.165) is 30.8 Å². The molecule has 134 valence electrons. The zero-order chi connectivity index (χ0) is 18.0. The summed E-state index contributed by atoms with van der Waals surface area (Å²) in [6.07, 6.45) is 3.58. The highest BCUT2D eigenvalue weighted by molar-refractivity contribution is 7.15. The first kappa shape index (κ1) is 17.9. The Morgan fingerprint density at radius 2 is 2.28 bits per heavy atom. The predicted octanol–water partition coefficient (Wildman–Crippen LogP) is 2.79. The monoisotopic (exact) mass is 363 g/mol. The molecule has 0 saturated carbocycles. The molecular formula is C17H22FN5OS. The van der Waals surface area contributed by atoms with Gasteiger partial charge in [-0.15, -0.1) is 0 Å². The number of thiazole rings is 1. The molecular weight excluding hydrogens is 341 g/mol. The lowest BCUT2D eigenvalue weighted by Gasteiger charge is -2.19. The van der Waals surface area contributed by atoms with Crippen molar-refractivity contribution in [3.63, 3.8) is 0 Å². The number of aryl methyl sites for hydroxylation is 1. The molecule has 1 amide bonds. The summed E-state index contributed by atoms with van der Waals surface area (Å²) in [5.41, 5.74) is 2.04. The summed E-state index contributed by atoms with van der Waals surface area (Å²) in [5.74, 6) is -0.235. The Morgan fingerprint density at radius 1 is 1.48 bits per heavy atom. The van der Waals surface area contributed by atoms with Crippen LogP contribution in [0.15, 0.2) is 12.4 Å². The van der Waals surface area contributed by atoms with Crippen LogP contribution in [0.2, 0.25) is 0 Å². The maximum Gasteiger partial charge on any atom is 0.230 e. The topological polar surface area (TPSA) is 71.0 Å². The van der Waals surface area contributed by atoms with E-state index < -0.39 is 5.95 Å². The number of hydrogen-bond donors (Lipinski definition) is 1. The number of nitrogens with zero attached hydrogens (tertiary/aromatic N) is 4. The van der Waals surface area contributed by atoms with Crippen molar-refractivity contribution >= 4 is 22.4 Å². The Labute approximate surface area is 150 Å². The summed E-state index contributed by atoms with van der Waals surface area (Å²) in [6.45, 7) is 6.94. The van der Waals surface area contributed by atoms with Gasteiger partial charge in [0.05, 0.1) is 4.88 Å². The Kier molecular flexibility index (Phi) is 5.39. The molecule has 2 aromatic rings. The second-order valence-electron chi connectivity index (χ2n) is 6.65. The number of halogens is 1. The van der Waals surface area contributed by atoms with Gasteiger partial charge in [-0.1, -0.05) is 11.3 Å². The zero-order valence-electron chi connectivity index (χ0n) is 14.6. The molecule has 0 bridgehead atoms. The largest absolute Gasteiger partial charge is 0.302 e. The van der Waals surface area contributed by atoms with E-state index in [1.54, 1.807) is 6.33 Å². The van der Waals surface area contributed by atoms with Gasteiger partial charge < -0.3 is 5.32 Å². The molecule has 0 aromatic carbocycles. The van der Waals surface area contributed by atoms with Crippen LogP contribution in [-0.2, 0) is 17.8 Å². The summed E-state index contributed by atoms with van der Waals surface area (Å²) in [4.78, 5) is 26.2. The molecule has 2 aromatic heterocycles. The Hall–Kier alpha value is -1.93. The van der Waals surface area contributed by atoms with Gasteiger partial charge in [-0.3, -0.25) is 9.69 Å². The molecule has 1 aliphatic heterocycles. The van der Waals surface area contributed by atoms with Crippen molar-refractivity contribution in [2.45, 2.75) is 46.2 Å². The summed E-state index contributed by atoms with van der Waals surface area (Å²) in [6, 6.07) is 2.40. The van der Waals surface area contributed by atoms with Crippen molar-refractivity contribution in [2.24, 2.45) is 5.92 Å². The van der Waals surface area contributed by atoms with Gasteiger partial charge in [-0.2, -0.15) is 9.37 Å². The van der Waals surface area contributed by atoms with Crippen molar-refractivity contribution in [2.75, 3.05) is 11.9 Å². The summed E-state index contributed by atoms with van der Waals surface area (Å²) < 4.78 is 14.0. The first-order valence-electron chi connectivity index (χ1n) is 8.35. The van der Waals surface area contributed by atoms with Crippen LogP contribution in [-0.4, -0.2) is 38.3 Å². The minimum absolute atomic E-state index is 0.241. The molecule has 1 saturated heterocycles. The molecule has 3 rings (SSSR count). The van der Waals surface area contributed by atoms with E-state index in [1.807, 2.05) is 13.0 Å². The molecule has 3 heterocycles. The van der Waals surface area contributed by atoms with Crippen molar-refractivity contribution in [3.8, 4) is 0 Å². The van der Waals surface area contributed by atoms with Crippen LogP contribution >= 0.6 is 11.3 Å². The van der Waals surface area contributed by atoms with Crippen LogP contribution in [0.25, 0.3) is 0 Å². The predicted molar refractivity (Wildman–Crippen MR) is 94.8 cm³/mol. The summed E-state index contributed by atoms with van der Waals surface area (Å²) in [7, 11) is 0. The van der Waals surface area contributed by atoms with Gasteiger partial charge in [0.15, 0.2) is 5.13 Å². The number of anilines is 1. The number of aromatic nitrogens is 3. The maximum absolute atomic E-state index is 14.0. The average Bonchev–Trinajstić information content (AvgIpc) is 3.02. The van der Waals surface area contributed by atoms with Crippen LogP contribution in [0.3, 0.4) is 0 Å². The molecule has 8 heteroatoms. The molecule has 1 fully saturated rings. The number of carbonyl (C=O) groups is 1. The number of amides is 1. The van der Waals surface area contributed by atoms with Gasteiger partial charge in [0, 0.05) is 37.4 Å². The molecule has 0 unspecified atom stereocenters. The van der Waals surface area contributed by atoms with Crippen LogP contribution in [0, 0.1) is 18.8 Å². The van der Waals surface area contributed by atoms with Crippen molar-refractivity contribution in [1.29, 1.82) is 0 Å². The van der Waals surface area contributed by atoms with E-state index in [-0.39, 0.29) is 5.91 Å². The van der Waals surface area contributed by atoms with Gasteiger partial charge in [-0.05, 0) is 38.7 Å². The SMILES string of the molecule is CC(=O)Nc1nc(F)c(CN2C[C@H](Cc3cc(C)ncn3)C[C@H]2C)s1. The second-order valence-corrected chi connectivity index (χ2v) is 7.73. The minimum atomic E-state index is -0.490. The Bertz CT molecular complexity index is 765. The van der Waals surface area contributed by atoms with Gasteiger partial charge in [0.25, 0.3) is 0 Å². The minimum Gasteiger partial charge on any atom is -0.302 e. The quantitative estimate of drug-likeness (QED) is 0.884. The normalized spacial score (nSPS) is 20.8. The highest BCUT2D eigenvalue weighted by atomic mass is 32.1. The lowest BCUT2D eigenvalue weighted by molar-refractivity contribution is -0.114. The van der Waals surface area contributed by atoms with Gasteiger partial charge >= 0.3 is 0 Å². The molecule has 0 spiro atoms. The average molecular weight is 363 g/mol. The summed E-state index contributed by atoms with van der Waals surface area (Å²) in [5, 5.41) is 2.86. The third-order valence-corrected chi connectivity index (χ3v) is 5.36. The highest BCUT2D eigenvalue weighted by Crippen LogP contribution is 2.30.